The number of carbonyl (C=O) groups is 1. The van der Waals surface area contributed by atoms with Crippen LogP contribution in [0.4, 0.5) is 5.69 Å². The molecular weight excluding hydrogens is 308 g/mol. The van der Waals surface area contributed by atoms with Crippen LogP contribution in [0.2, 0.25) is 0 Å². The summed E-state index contributed by atoms with van der Waals surface area (Å²) >= 11 is 3.35. The number of nitrogens with two attached hydrogens (primary N) is 1. The third-order valence-corrected chi connectivity index (χ3v) is 3.97. The summed E-state index contributed by atoms with van der Waals surface area (Å²) in [6, 6.07) is 5.16. The van der Waals surface area contributed by atoms with Crippen molar-refractivity contribution in [2.45, 2.75) is 31.7 Å². The summed E-state index contributed by atoms with van der Waals surface area (Å²) < 4.78 is 0.797. The summed E-state index contributed by atoms with van der Waals surface area (Å²) in [6.07, 6.45) is 4.04. The van der Waals surface area contributed by atoms with Crippen LogP contribution in [0.5, 0.6) is 0 Å². The summed E-state index contributed by atoms with van der Waals surface area (Å²) in [4.78, 5) is 14.4. The van der Waals surface area contributed by atoms with Crippen molar-refractivity contribution in [1.82, 2.24) is 4.90 Å². The lowest BCUT2D eigenvalue weighted by Crippen LogP contribution is -2.42. The number of hydrogen-bond acceptors (Lipinski definition) is 3. The quantitative estimate of drug-likeness (QED) is 0.820. The van der Waals surface area contributed by atoms with E-state index in [0.29, 0.717) is 17.8 Å². The minimum atomic E-state index is -0.0739. The second-order valence-corrected chi connectivity index (χ2v) is 5.87. The fourth-order valence-corrected chi connectivity index (χ4v) is 3.05. The molecule has 1 aliphatic rings. The molecule has 3 N–H and O–H groups in total. The van der Waals surface area contributed by atoms with Crippen LogP contribution in [0.15, 0.2) is 22.7 Å². The van der Waals surface area contributed by atoms with Gasteiger partial charge < -0.3 is 15.7 Å². The zero-order valence-electron chi connectivity index (χ0n) is 10.8. The molecule has 1 unspecified atom stereocenters. The van der Waals surface area contributed by atoms with Crippen molar-refractivity contribution in [1.29, 1.82) is 0 Å². The standard InChI is InChI=1S/C14H19BrN2O2/c15-11-6-10(7-12(16)8-11)14(19)17-5-3-1-2-4-13(17)9-18/h6-8,13,18H,1-5,9,16H2. The Hall–Kier alpha value is -1.07. The average molecular weight is 327 g/mol. The number of halogens is 1. The summed E-state index contributed by atoms with van der Waals surface area (Å²) in [6.45, 7) is 0.728. The van der Waals surface area contributed by atoms with Gasteiger partial charge in [0, 0.05) is 22.3 Å². The predicted octanol–water partition coefficient (Wildman–Crippen LogP) is 2.41. The van der Waals surface area contributed by atoms with Crippen LogP contribution in [-0.2, 0) is 0 Å². The number of amides is 1. The van der Waals surface area contributed by atoms with Crippen LogP contribution in [0.1, 0.15) is 36.0 Å². The van der Waals surface area contributed by atoms with Gasteiger partial charge in [0.1, 0.15) is 0 Å². The van der Waals surface area contributed by atoms with E-state index < -0.39 is 0 Å². The molecule has 5 heteroatoms. The van der Waals surface area contributed by atoms with Crippen LogP contribution in [0.25, 0.3) is 0 Å². The maximum absolute atomic E-state index is 12.6. The number of hydrogen-bond donors (Lipinski definition) is 2. The lowest BCUT2D eigenvalue weighted by atomic mass is 10.1. The smallest absolute Gasteiger partial charge is 0.254 e. The maximum Gasteiger partial charge on any atom is 0.254 e. The van der Waals surface area contributed by atoms with Crippen LogP contribution in [0.3, 0.4) is 0 Å². The highest BCUT2D eigenvalue weighted by Gasteiger charge is 2.25. The molecule has 1 saturated heterocycles. The van der Waals surface area contributed by atoms with Crippen LogP contribution in [0, 0.1) is 0 Å². The minimum Gasteiger partial charge on any atom is -0.399 e. The average Bonchev–Trinajstić information content (AvgIpc) is 2.61. The molecule has 0 aromatic heterocycles. The van der Waals surface area contributed by atoms with E-state index in [-0.39, 0.29) is 18.6 Å². The van der Waals surface area contributed by atoms with Gasteiger partial charge >= 0.3 is 0 Å². The number of likely N-dealkylation sites (tertiary alicyclic amines) is 1. The third kappa shape index (κ3) is 3.48. The van der Waals surface area contributed by atoms with Crippen molar-refractivity contribution in [2.75, 3.05) is 18.9 Å². The largest absolute Gasteiger partial charge is 0.399 e. The highest BCUT2D eigenvalue weighted by atomic mass is 79.9. The summed E-state index contributed by atoms with van der Waals surface area (Å²) in [5.74, 6) is -0.0473. The highest BCUT2D eigenvalue weighted by Crippen LogP contribution is 2.22. The number of benzene rings is 1. The van der Waals surface area contributed by atoms with E-state index >= 15 is 0 Å². The van der Waals surface area contributed by atoms with Crippen LogP contribution < -0.4 is 5.73 Å². The molecule has 104 valence electrons. The molecule has 19 heavy (non-hydrogen) atoms. The molecular formula is C14H19BrN2O2. The Kier molecular flexibility index (Phi) is 4.82. The van der Waals surface area contributed by atoms with Gasteiger partial charge in [-0.2, -0.15) is 0 Å². The van der Waals surface area contributed by atoms with Gasteiger partial charge in [0.2, 0.25) is 0 Å². The number of nitrogens with zero attached hydrogens (tertiary/aromatic N) is 1. The molecule has 1 fully saturated rings. The highest BCUT2D eigenvalue weighted by molar-refractivity contribution is 9.10. The number of aliphatic hydroxyl groups is 1. The van der Waals surface area contributed by atoms with Crippen molar-refractivity contribution >= 4 is 27.5 Å². The molecule has 0 spiro atoms. The summed E-state index contributed by atoms with van der Waals surface area (Å²) in [7, 11) is 0. The second kappa shape index (κ2) is 6.39. The van der Waals surface area contributed by atoms with Crippen molar-refractivity contribution in [3.05, 3.63) is 28.2 Å². The lowest BCUT2D eigenvalue weighted by molar-refractivity contribution is 0.0600. The number of carbonyl (C=O) groups excluding carboxylic acids is 1. The van der Waals surface area contributed by atoms with Gasteiger partial charge in [0.15, 0.2) is 0 Å². The topological polar surface area (TPSA) is 66.6 Å². The fraction of sp³-hybridized carbons (Fsp3) is 0.500. The molecule has 1 atom stereocenters. The molecule has 1 heterocycles. The van der Waals surface area contributed by atoms with Gasteiger partial charge in [-0.25, -0.2) is 0 Å². The minimum absolute atomic E-state index is 0.0230. The summed E-state index contributed by atoms with van der Waals surface area (Å²) in [5.41, 5.74) is 6.91. The Morgan fingerprint density at radius 1 is 1.37 bits per heavy atom. The van der Waals surface area contributed by atoms with Crippen molar-refractivity contribution < 1.29 is 9.90 Å². The maximum atomic E-state index is 12.6. The monoisotopic (exact) mass is 326 g/mol. The number of rotatable bonds is 2. The first-order valence-electron chi connectivity index (χ1n) is 6.59. The molecule has 2 rings (SSSR count). The number of anilines is 1. The van der Waals surface area contributed by atoms with E-state index in [1.807, 2.05) is 0 Å². The SMILES string of the molecule is Nc1cc(Br)cc(C(=O)N2CCCCCC2CO)c1. The predicted molar refractivity (Wildman–Crippen MR) is 78.9 cm³/mol. The zero-order valence-corrected chi connectivity index (χ0v) is 12.4. The first-order valence-corrected chi connectivity index (χ1v) is 7.39. The van der Waals surface area contributed by atoms with Crippen molar-refractivity contribution in [2.24, 2.45) is 0 Å². The van der Waals surface area contributed by atoms with E-state index in [4.69, 9.17) is 5.73 Å². The van der Waals surface area contributed by atoms with Crippen molar-refractivity contribution in [3.8, 4) is 0 Å². The van der Waals surface area contributed by atoms with Crippen LogP contribution in [-0.4, -0.2) is 35.1 Å². The molecule has 1 aromatic carbocycles. The third-order valence-electron chi connectivity index (χ3n) is 3.52. The fourth-order valence-electron chi connectivity index (χ4n) is 2.54. The second-order valence-electron chi connectivity index (χ2n) is 4.96. The Balaban J connectivity index is 2.25. The van der Waals surface area contributed by atoms with Gasteiger partial charge in [-0.1, -0.05) is 28.8 Å². The van der Waals surface area contributed by atoms with E-state index in [1.165, 1.54) is 0 Å². The van der Waals surface area contributed by atoms with E-state index in [1.54, 1.807) is 23.1 Å². The normalized spacial score (nSPS) is 20.1. The Morgan fingerprint density at radius 2 is 2.16 bits per heavy atom. The molecule has 0 saturated carbocycles. The van der Waals surface area contributed by atoms with E-state index in [2.05, 4.69) is 15.9 Å². The molecule has 0 aliphatic carbocycles. The van der Waals surface area contributed by atoms with Gasteiger partial charge in [-0.15, -0.1) is 0 Å². The Morgan fingerprint density at radius 3 is 2.84 bits per heavy atom. The zero-order chi connectivity index (χ0) is 13.8. The Labute approximate surface area is 121 Å². The van der Waals surface area contributed by atoms with Gasteiger partial charge in [0.25, 0.3) is 5.91 Å². The van der Waals surface area contributed by atoms with Crippen molar-refractivity contribution in [3.63, 3.8) is 0 Å². The van der Waals surface area contributed by atoms with Gasteiger partial charge in [-0.3, -0.25) is 4.79 Å². The van der Waals surface area contributed by atoms with E-state index in [0.717, 1.165) is 30.2 Å². The number of nitrogen functional groups attached to an aromatic ring is 1. The molecule has 0 radical (unpaired) electrons. The first kappa shape index (κ1) is 14.3. The number of aliphatic hydroxyl groups excluding tert-OH is 1. The van der Waals surface area contributed by atoms with E-state index in [9.17, 15) is 9.90 Å². The molecule has 1 aliphatic heterocycles. The van der Waals surface area contributed by atoms with Gasteiger partial charge in [-0.05, 0) is 31.0 Å². The molecule has 1 amide bonds. The lowest BCUT2D eigenvalue weighted by Gasteiger charge is -2.28. The molecule has 4 nitrogen and oxygen atoms in total. The molecule has 1 aromatic rings. The van der Waals surface area contributed by atoms with Gasteiger partial charge in [0.05, 0.1) is 12.6 Å². The Bertz CT molecular complexity index is 445. The van der Waals surface area contributed by atoms with Crippen LogP contribution >= 0.6 is 15.9 Å². The first-order chi connectivity index (χ1) is 9.11. The summed E-state index contributed by atoms with van der Waals surface area (Å²) in [5, 5.41) is 9.46. The molecule has 0 bridgehead atoms.